The van der Waals surface area contributed by atoms with E-state index in [1.165, 1.54) is 0 Å². The van der Waals surface area contributed by atoms with E-state index in [9.17, 15) is 9.59 Å². The standard InChI is InChI=1S/C14H24N2O2/c1-11-5-8-15(9-6-11)14(18)7-10-16(12(2)17)13-3-4-13/h11,13H,3-10H2,1-2H3. The van der Waals surface area contributed by atoms with Crippen molar-refractivity contribution in [3.63, 3.8) is 0 Å². The summed E-state index contributed by atoms with van der Waals surface area (Å²) in [5.41, 5.74) is 0. The molecule has 18 heavy (non-hydrogen) atoms. The third-order valence-electron chi connectivity index (χ3n) is 4.10. The Morgan fingerprint density at radius 1 is 1.17 bits per heavy atom. The SMILES string of the molecule is CC(=O)N(CCC(=O)N1CCC(C)CC1)C1CC1. The summed E-state index contributed by atoms with van der Waals surface area (Å²) in [6.07, 6.45) is 4.93. The van der Waals surface area contributed by atoms with Gasteiger partial charge in [-0.05, 0) is 31.6 Å². The number of amides is 2. The molecule has 1 heterocycles. The highest BCUT2D eigenvalue weighted by Gasteiger charge is 2.31. The van der Waals surface area contributed by atoms with Gasteiger partial charge in [-0.25, -0.2) is 0 Å². The van der Waals surface area contributed by atoms with Crippen molar-refractivity contribution in [2.24, 2.45) is 5.92 Å². The Morgan fingerprint density at radius 2 is 1.78 bits per heavy atom. The molecule has 1 saturated heterocycles. The van der Waals surface area contributed by atoms with Crippen molar-refractivity contribution in [2.75, 3.05) is 19.6 Å². The predicted molar refractivity (Wildman–Crippen MR) is 70.0 cm³/mol. The van der Waals surface area contributed by atoms with Crippen LogP contribution in [0.15, 0.2) is 0 Å². The molecule has 1 saturated carbocycles. The van der Waals surface area contributed by atoms with Crippen LogP contribution >= 0.6 is 0 Å². The van der Waals surface area contributed by atoms with Crippen LogP contribution in [-0.2, 0) is 9.59 Å². The summed E-state index contributed by atoms with van der Waals surface area (Å²) >= 11 is 0. The maximum Gasteiger partial charge on any atom is 0.224 e. The molecule has 0 aromatic carbocycles. The van der Waals surface area contributed by atoms with Gasteiger partial charge in [0.15, 0.2) is 0 Å². The van der Waals surface area contributed by atoms with Crippen LogP contribution in [0.1, 0.15) is 46.0 Å². The van der Waals surface area contributed by atoms with Crippen molar-refractivity contribution < 1.29 is 9.59 Å². The molecule has 4 heteroatoms. The Balaban J connectivity index is 1.75. The van der Waals surface area contributed by atoms with Crippen LogP contribution in [0.5, 0.6) is 0 Å². The smallest absolute Gasteiger partial charge is 0.224 e. The van der Waals surface area contributed by atoms with Gasteiger partial charge in [0.2, 0.25) is 11.8 Å². The maximum atomic E-state index is 12.1. The number of hydrogen-bond donors (Lipinski definition) is 0. The van der Waals surface area contributed by atoms with Crippen molar-refractivity contribution in [1.29, 1.82) is 0 Å². The van der Waals surface area contributed by atoms with E-state index in [1.54, 1.807) is 6.92 Å². The minimum atomic E-state index is 0.109. The minimum absolute atomic E-state index is 0.109. The van der Waals surface area contributed by atoms with Crippen molar-refractivity contribution in [2.45, 2.75) is 52.0 Å². The van der Waals surface area contributed by atoms with Crippen LogP contribution in [0.25, 0.3) is 0 Å². The lowest BCUT2D eigenvalue weighted by Crippen LogP contribution is -2.40. The molecule has 0 radical (unpaired) electrons. The molecule has 4 nitrogen and oxygen atoms in total. The Labute approximate surface area is 109 Å². The topological polar surface area (TPSA) is 40.6 Å². The number of carbonyl (C=O) groups excluding carboxylic acids is 2. The van der Waals surface area contributed by atoms with Crippen molar-refractivity contribution in [1.82, 2.24) is 9.80 Å². The first kappa shape index (κ1) is 13.4. The summed E-state index contributed by atoms with van der Waals surface area (Å²) in [4.78, 5) is 27.4. The zero-order valence-electron chi connectivity index (χ0n) is 11.5. The summed E-state index contributed by atoms with van der Waals surface area (Å²) in [5, 5.41) is 0. The van der Waals surface area contributed by atoms with Crippen LogP contribution in [-0.4, -0.2) is 47.3 Å². The fourth-order valence-corrected chi connectivity index (χ4v) is 2.62. The summed E-state index contributed by atoms with van der Waals surface area (Å²) < 4.78 is 0. The van der Waals surface area contributed by atoms with E-state index in [2.05, 4.69) is 6.92 Å². The van der Waals surface area contributed by atoms with Gasteiger partial charge in [0, 0.05) is 39.0 Å². The van der Waals surface area contributed by atoms with Crippen LogP contribution < -0.4 is 0 Å². The first-order chi connectivity index (χ1) is 8.58. The lowest BCUT2D eigenvalue weighted by Gasteiger charge is -2.31. The molecule has 0 spiro atoms. The molecule has 1 aliphatic heterocycles. The monoisotopic (exact) mass is 252 g/mol. The predicted octanol–water partition coefficient (Wildman–Crippen LogP) is 1.65. The Bertz CT molecular complexity index is 318. The van der Waals surface area contributed by atoms with Gasteiger partial charge in [-0.2, -0.15) is 0 Å². The molecule has 0 atom stereocenters. The van der Waals surface area contributed by atoms with Gasteiger partial charge in [0.1, 0.15) is 0 Å². The van der Waals surface area contributed by atoms with Gasteiger partial charge in [0.25, 0.3) is 0 Å². The van der Waals surface area contributed by atoms with Crippen molar-refractivity contribution in [3.05, 3.63) is 0 Å². The lowest BCUT2D eigenvalue weighted by atomic mass is 9.99. The minimum Gasteiger partial charge on any atom is -0.343 e. The quantitative estimate of drug-likeness (QED) is 0.763. The summed E-state index contributed by atoms with van der Waals surface area (Å²) in [6.45, 7) is 6.23. The number of carbonyl (C=O) groups is 2. The highest BCUT2D eigenvalue weighted by molar-refractivity contribution is 5.78. The number of likely N-dealkylation sites (tertiary alicyclic amines) is 1. The molecule has 2 aliphatic rings. The molecule has 2 amide bonds. The van der Waals surface area contributed by atoms with Gasteiger partial charge in [0.05, 0.1) is 0 Å². The third-order valence-corrected chi connectivity index (χ3v) is 4.10. The summed E-state index contributed by atoms with van der Waals surface area (Å²) in [6, 6.07) is 0.414. The number of nitrogens with zero attached hydrogens (tertiary/aromatic N) is 2. The van der Waals surface area contributed by atoms with Gasteiger partial charge in [-0.3, -0.25) is 9.59 Å². The van der Waals surface area contributed by atoms with E-state index in [0.29, 0.717) is 19.0 Å². The molecule has 0 N–H and O–H groups in total. The number of rotatable bonds is 4. The molecular weight excluding hydrogens is 228 g/mol. The molecular formula is C14H24N2O2. The van der Waals surface area contributed by atoms with Crippen LogP contribution in [0.4, 0.5) is 0 Å². The van der Waals surface area contributed by atoms with E-state index < -0.39 is 0 Å². The largest absolute Gasteiger partial charge is 0.343 e. The zero-order valence-corrected chi connectivity index (χ0v) is 11.5. The number of hydrogen-bond acceptors (Lipinski definition) is 2. The Kier molecular flexibility index (Phi) is 4.25. The molecule has 2 fully saturated rings. The van der Waals surface area contributed by atoms with Crippen LogP contribution in [0.2, 0.25) is 0 Å². The Hall–Kier alpha value is -1.06. The lowest BCUT2D eigenvalue weighted by molar-refractivity contribution is -0.134. The average molecular weight is 252 g/mol. The molecule has 2 rings (SSSR count). The van der Waals surface area contributed by atoms with Crippen molar-refractivity contribution in [3.8, 4) is 0 Å². The first-order valence-corrected chi connectivity index (χ1v) is 7.13. The summed E-state index contributed by atoms with van der Waals surface area (Å²) in [5.74, 6) is 1.07. The highest BCUT2D eigenvalue weighted by atomic mass is 16.2. The second-order valence-corrected chi connectivity index (χ2v) is 5.76. The molecule has 102 valence electrons. The third kappa shape index (κ3) is 3.47. The zero-order chi connectivity index (χ0) is 13.1. The van der Waals surface area contributed by atoms with E-state index in [-0.39, 0.29) is 11.8 Å². The van der Waals surface area contributed by atoms with Gasteiger partial charge >= 0.3 is 0 Å². The fourth-order valence-electron chi connectivity index (χ4n) is 2.62. The van der Waals surface area contributed by atoms with Crippen molar-refractivity contribution >= 4 is 11.8 Å². The second kappa shape index (κ2) is 5.72. The fraction of sp³-hybridized carbons (Fsp3) is 0.857. The average Bonchev–Trinajstić information content (AvgIpc) is 3.14. The molecule has 0 aromatic rings. The van der Waals surface area contributed by atoms with Gasteiger partial charge in [-0.1, -0.05) is 6.92 Å². The molecule has 1 aliphatic carbocycles. The molecule has 0 aromatic heterocycles. The molecule has 0 bridgehead atoms. The van der Waals surface area contributed by atoms with Gasteiger partial charge < -0.3 is 9.80 Å². The van der Waals surface area contributed by atoms with E-state index in [0.717, 1.165) is 44.7 Å². The number of piperidine rings is 1. The van der Waals surface area contributed by atoms with E-state index in [4.69, 9.17) is 0 Å². The van der Waals surface area contributed by atoms with Gasteiger partial charge in [-0.15, -0.1) is 0 Å². The van der Waals surface area contributed by atoms with E-state index in [1.807, 2.05) is 9.80 Å². The van der Waals surface area contributed by atoms with E-state index >= 15 is 0 Å². The second-order valence-electron chi connectivity index (χ2n) is 5.76. The maximum absolute atomic E-state index is 12.1. The van der Waals surface area contributed by atoms with Crippen LogP contribution in [0, 0.1) is 5.92 Å². The Morgan fingerprint density at radius 3 is 2.28 bits per heavy atom. The summed E-state index contributed by atoms with van der Waals surface area (Å²) in [7, 11) is 0. The van der Waals surface area contributed by atoms with Crippen LogP contribution in [0.3, 0.4) is 0 Å². The first-order valence-electron chi connectivity index (χ1n) is 7.13. The molecule has 0 unspecified atom stereocenters. The normalized spacial score (nSPS) is 20.9. The highest BCUT2D eigenvalue weighted by Crippen LogP contribution is 2.27.